The predicted molar refractivity (Wildman–Crippen MR) is 127 cm³/mol. The predicted octanol–water partition coefficient (Wildman–Crippen LogP) is 7.00. The summed E-state index contributed by atoms with van der Waals surface area (Å²) in [7, 11) is -2.28. The minimum atomic E-state index is -2.28. The zero-order valence-corrected chi connectivity index (χ0v) is 18.9. The van der Waals surface area contributed by atoms with Crippen molar-refractivity contribution in [1.82, 2.24) is 0 Å². The second kappa shape index (κ2) is 10.1. The lowest BCUT2D eigenvalue weighted by atomic mass is 10.1. The Labute approximate surface area is 176 Å². The summed E-state index contributed by atoms with van der Waals surface area (Å²) in [6.07, 6.45) is 5.13. The van der Waals surface area contributed by atoms with E-state index in [2.05, 4.69) is 93.6 Å². The Hall–Kier alpha value is -2.11. The lowest BCUT2D eigenvalue weighted by molar-refractivity contribution is 0.572. The van der Waals surface area contributed by atoms with E-state index in [1.807, 2.05) is 0 Å². The van der Waals surface area contributed by atoms with Crippen molar-refractivity contribution < 1.29 is 4.57 Å². The Morgan fingerprint density at radius 3 is 1.07 bits per heavy atom. The molecule has 1 nitrogen and oxygen atoms in total. The van der Waals surface area contributed by atoms with Crippen molar-refractivity contribution >= 4 is 7.14 Å². The van der Waals surface area contributed by atoms with Crippen molar-refractivity contribution in [2.45, 2.75) is 40.0 Å². The van der Waals surface area contributed by atoms with E-state index in [0.717, 1.165) is 37.7 Å². The molecule has 0 amide bonds. The molecule has 152 valence electrons. The van der Waals surface area contributed by atoms with Crippen LogP contribution in [-0.2, 0) is 23.8 Å². The molecule has 0 atom stereocenters. The van der Waals surface area contributed by atoms with E-state index in [9.17, 15) is 4.57 Å². The van der Waals surface area contributed by atoms with Crippen LogP contribution in [0.15, 0.2) is 72.8 Å². The van der Waals surface area contributed by atoms with Crippen LogP contribution in [0.2, 0.25) is 0 Å². The molecule has 0 N–H and O–H groups in total. The Balaban J connectivity index is 1.74. The lowest BCUT2D eigenvalue weighted by Gasteiger charge is -2.20. The van der Waals surface area contributed by atoms with Gasteiger partial charge in [-0.2, -0.15) is 0 Å². The van der Waals surface area contributed by atoms with E-state index in [4.69, 9.17) is 0 Å². The first-order valence-corrected chi connectivity index (χ1v) is 12.9. The van der Waals surface area contributed by atoms with Crippen molar-refractivity contribution in [3.8, 4) is 0 Å². The van der Waals surface area contributed by atoms with Crippen LogP contribution in [0, 0.1) is 20.8 Å². The van der Waals surface area contributed by atoms with E-state index in [1.54, 1.807) is 0 Å². The van der Waals surface area contributed by atoms with Crippen molar-refractivity contribution in [3.63, 3.8) is 0 Å². The number of rotatable bonds is 9. The normalized spacial score (nSPS) is 11.6. The van der Waals surface area contributed by atoms with Crippen molar-refractivity contribution in [2.75, 3.05) is 18.5 Å². The number of aryl methyl sites for hydroxylation is 6. The van der Waals surface area contributed by atoms with E-state index >= 15 is 0 Å². The first-order chi connectivity index (χ1) is 14.0. The number of hydrogen-bond acceptors (Lipinski definition) is 1. The summed E-state index contributed by atoms with van der Waals surface area (Å²) in [5, 5.41) is 0. The molecule has 0 bridgehead atoms. The zero-order chi connectivity index (χ0) is 20.7. The average Bonchev–Trinajstić information content (AvgIpc) is 2.72. The molecule has 0 fully saturated rings. The fourth-order valence-corrected chi connectivity index (χ4v) is 6.60. The Morgan fingerprint density at radius 1 is 0.517 bits per heavy atom. The molecular formula is C27H33OP. The fraction of sp³-hybridized carbons (Fsp3) is 0.333. The summed E-state index contributed by atoms with van der Waals surface area (Å²) in [5.74, 6) is 0. The third-order valence-corrected chi connectivity index (χ3v) is 9.27. The summed E-state index contributed by atoms with van der Waals surface area (Å²) in [6, 6.07) is 25.5. The van der Waals surface area contributed by atoms with Gasteiger partial charge in [-0.3, -0.25) is 0 Å². The largest absolute Gasteiger partial charge is 0.324 e. The van der Waals surface area contributed by atoms with Gasteiger partial charge in [-0.25, -0.2) is 0 Å². The van der Waals surface area contributed by atoms with Crippen molar-refractivity contribution in [1.29, 1.82) is 0 Å². The van der Waals surface area contributed by atoms with Gasteiger partial charge in [0.25, 0.3) is 0 Å². The van der Waals surface area contributed by atoms with Gasteiger partial charge < -0.3 is 4.57 Å². The first kappa shape index (κ1) is 21.6. The molecule has 0 spiro atoms. The smallest absolute Gasteiger partial charge is 0.0887 e. The average molecular weight is 405 g/mol. The SMILES string of the molecule is Cc1ccccc1CCP(=O)(CCc1ccccc1C)CCc1ccccc1C. The molecule has 0 radical (unpaired) electrons. The molecule has 29 heavy (non-hydrogen) atoms. The Bertz CT molecular complexity index is 862. The van der Waals surface area contributed by atoms with E-state index < -0.39 is 7.14 Å². The minimum absolute atomic E-state index is 0.801. The van der Waals surface area contributed by atoms with Gasteiger partial charge in [-0.15, -0.1) is 0 Å². The van der Waals surface area contributed by atoms with Crippen LogP contribution >= 0.6 is 7.14 Å². The first-order valence-electron chi connectivity index (χ1n) is 10.7. The second-order valence-corrected chi connectivity index (χ2v) is 11.7. The molecule has 0 aliphatic carbocycles. The van der Waals surface area contributed by atoms with Gasteiger partial charge in [0.1, 0.15) is 0 Å². The third-order valence-electron chi connectivity index (χ3n) is 6.15. The summed E-state index contributed by atoms with van der Waals surface area (Å²) >= 11 is 0. The molecule has 0 heterocycles. The van der Waals surface area contributed by atoms with Gasteiger partial charge >= 0.3 is 0 Å². The van der Waals surface area contributed by atoms with Crippen LogP contribution in [0.25, 0.3) is 0 Å². The van der Waals surface area contributed by atoms with E-state index in [0.29, 0.717) is 0 Å². The van der Waals surface area contributed by atoms with Crippen molar-refractivity contribution in [2.24, 2.45) is 0 Å². The molecular weight excluding hydrogens is 371 g/mol. The molecule has 0 saturated heterocycles. The summed E-state index contributed by atoms with van der Waals surface area (Å²) in [4.78, 5) is 0. The summed E-state index contributed by atoms with van der Waals surface area (Å²) in [5.41, 5.74) is 7.91. The number of hydrogen-bond donors (Lipinski definition) is 0. The summed E-state index contributed by atoms with van der Waals surface area (Å²) in [6.45, 7) is 6.46. The monoisotopic (exact) mass is 404 g/mol. The molecule has 3 aromatic rings. The van der Waals surface area contributed by atoms with Crippen LogP contribution in [0.1, 0.15) is 33.4 Å². The van der Waals surface area contributed by atoms with Gasteiger partial charge in [-0.1, -0.05) is 72.8 Å². The zero-order valence-electron chi connectivity index (χ0n) is 18.0. The highest BCUT2D eigenvalue weighted by Crippen LogP contribution is 2.47. The molecule has 3 rings (SSSR count). The highest BCUT2D eigenvalue weighted by Gasteiger charge is 2.22. The maximum atomic E-state index is 14.1. The van der Waals surface area contributed by atoms with Gasteiger partial charge in [0.15, 0.2) is 0 Å². The maximum Gasteiger partial charge on any atom is 0.0887 e. The Morgan fingerprint density at radius 2 is 0.793 bits per heavy atom. The van der Waals surface area contributed by atoms with Crippen LogP contribution in [0.5, 0.6) is 0 Å². The lowest BCUT2D eigenvalue weighted by Crippen LogP contribution is -2.08. The van der Waals surface area contributed by atoms with E-state index in [-0.39, 0.29) is 0 Å². The van der Waals surface area contributed by atoms with Crippen LogP contribution < -0.4 is 0 Å². The molecule has 0 saturated carbocycles. The minimum Gasteiger partial charge on any atom is -0.324 e. The van der Waals surface area contributed by atoms with Crippen LogP contribution in [0.3, 0.4) is 0 Å². The van der Waals surface area contributed by atoms with E-state index in [1.165, 1.54) is 33.4 Å². The molecule has 0 unspecified atom stereocenters. The summed E-state index contributed by atoms with van der Waals surface area (Å²) < 4.78 is 14.1. The third kappa shape index (κ3) is 6.18. The topological polar surface area (TPSA) is 17.1 Å². The molecule has 0 aromatic heterocycles. The van der Waals surface area contributed by atoms with Gasteiger partial charge in [-0.05, 0) is 73.4 Å². The second-order valence-electron chi connectivity index (χ2n) is 8.26. The fourth-order valence-electron chi connectivity index (χ4n) is 3.98. The van der Waals surface area contributed by atoms with Gasteiger partial charge in [0.05, 0.1) is 7.14 Å². The quantitative estimate of drug-likeness (QED) is 0.351. The van der Waals surface area contributed by atoms with Gasteiger partial charge in [0.2, 0.25) is 0 Å². The highest BCUT2D eigenvalue weighted by atomic mass is 31.2. The molecule has 2 heteroatoms. The number of benzene rings is 3. The maximum absolute atomic E-state index is 14.1. The molecule has 3 aromatic carbocycles. The highest BCUT2D eigenvalue weighted by molar-refractivity contribution is 7.63. The Kier molecular flexibility index (Phi) is 7.51. The standard InChI is InChI=1S/C27H33OP/c1-22-10-4-7-13-25(22)16-19-29(28,20-17-26-14-8-5-11-23(26)2)21-18-27-15-9-6-12-24(27)3/h4-15H,16-21H2,1-3H3. The van der Waals surface area contributed by atoms with Gasteiger partial charge in [0, 0.05) is 18.5 Å². The van der Waals surface area contributed by atoms with Crippen LogP contribution in [0.4, 0.5) is 0 Å². The van der Waals surface area contributed by atoms with Crippen molar-refractivity contribution in [3.05, 3.63) is 106 Å². The molecule has 0 aliphatic rings. The van der Waals surface area contributed by atoms with Crippen LogP contribution in [-0.4, -0.2) is 18.5 Å². The molecule has 0 aliphatic heterocycles.